The monoisotopic (exact) mass is 230 g/mol. The third kappa shape index (κ3) is 2.11. The van der Waals surface area contributed by atoms with Crippen molar-refractivity contribution in [3.8, 4) is 6.07 Å². The van der Waals surface area contributed by atoms with Crippen LogP contribution in [0.25, 0.3) is 0 Å². The van der Waals surface area contributed by atoms with E-state index in [1.165, 1.54) is 4.90 Å². The molecular weight excluding hydrogens is 220 g/mol. The highest BCUT2D eigenvalue weighted by Gasteiger charge is 2.34. The Morgan fingerprint density at radius 1 is 1.53 bits per heavy atom. The largest absolute Gasteiger partial charge is 0.481 e. The summed E-state index contributed by atoms with van der Waals surface area (Å²) >= 11 is 0. The maximum Gasteiger partial charge on any atom is 0.308 e. The minimum absolute atomic E-state index is 0.0200. The zero-order chi connectivity index (χ0) is 12.4. The fourth-order valence-corrected chi connectivity index (χ4v) is 1.87. The molecule has 1 aliphatic heterocycles. The summed E-state index contributed by atoms with van der Waals surface area (Å²) in [6, 6.07) is 8.58. The Kier molecular flexibility index (Phi) is 2.79. The van der Waals surface area contributed by atoms with Gasteiger partial charge >= 0.3 is 5.97 Å². The lowest BCUT2D eigenvalue weighted by atomic mass is 10.1. The molecule has 0 bridgehead atoms. The van der Waals surface area contributed by atoms with Gasteiger partial charge in [-0.15, -0.1) is 0 Å². The van der Waals surface area contributed by atoms with Gasteiger partial charge in [-0.25, -0.2) is 0 Å². The van der Waals surface area contributed by atoms with Crippen LogP contribution in [-0.2, 0) is 9.59 Å². The van der Waals surface area contributed by atoms with E-state index in [9.17, 15) is 9.59 Å². The first kappa shape index (κ1) is 11.1. The summed E-state index contributed by atoms with van der Waals surface area (Å²) in [4.78, 5) is 23.9. The molecule has 1 aromatic carbocycles. The topological polar surface area (TPSA) is 81.4 Å². The maximum absolute atomic E-state index is 11.7. The van der Waals surface area contributed by atoms with E-state index in [-0.39, 0.29) is 18.9 Å². The highest BCUT2D eigenvalue weighted by atomic mass is 16.4. The number of hydrogen-bond acceptors (Lipinski definition) is 3. The Morgan fingerprint density at radius 3 is 2.88 bits per heavy atom. The number of carbonyl (C=O) groups excluding carboxylic acids is 1. The minimum atomic E-state index is -0.961. The second-order valence-corrected chi connectivity index (χ2v) is 3.91. The lowest BCUT2D eigenvalue weighted by Crippen LogP contribution is -2.25. The fraction of sp³-hybridized carbons (Fsp3) is 0.250. The number of amides is 1. The summed E-state index contributed by atoms with van der Waals surface area (Å²) in [7, 11) is 0. The summed E-state index contributed by atoms with van der Waals surface area (Å²) in [6.45, 7) is 0.170. The van der Waals surface area contributed by atoms with Gasteiger partial charge in [-0.05, 0) is 18.2 Å². The summed E-state index contributed by atoms with van der Waals surface area (Å²) in [5.41, 5.74) is 1.03. The van der Waals surface area contributed by atoms with Gasteiger partial charge in [0.2, 0.25) is 5.91 Å². The second kappa shape index (κ2) is 4.26. The molecule has 1 N–H and O–H groups in total. The Balaban J connectivity index is 2.26. The average Bonchev–Trinajstić information content (AvgIpc) is 2.72. The molecule has 1 heterocycles. The SMILES string of the molecule is N#Cc1cccc(N2CC(C(=O)O)CC2=O)c1. The van der Waals surface area contributed by atoms with Gasteiger partial charge in [-0.2, -0.15) is 5.26 Å². The van der Waals surface area contributed by atoms with Gasteiger partial charge in [0.05, 0.1) is 17.6 Å². The van der Waals surface area contributed by atoms with Crippen molar-refractivity contribution in [1.82, 2.24) is 0 Å². The predicted octanol–water partition coefficient (Wildman–Crippen LogP) is 0.996. The van der Waals surface area contributed by atoms with Crippen LogP contribution in [0.2, 0.25) is 0 Å². The molecule has 86 valence electrons. The number of anilines is 1. The van der Waals surface area contributed by atoms with E-state index in [2.05, 4.69) is 0 Å². The number of nitrogens with zero attached hydrogens (tertiary/aromatic N) is 2. The third-order valence-electron chi connectivity index (χ3n) is 2.76. The molecule has 1 unspecified atom stereocenters. The molecular formula is C12H10N2O3. The van der Waals surface area contributed by atoms with E-state index < -0.39 is 11.9 Å². The van der Waals surface area contributed by atoms with Crippen LogP contribution in [0.1, 0.15) is 12.0 Å². The molecule has 17 heavy (non-hydrogen) atoms. The van der Waals surface area contributed by atoms with Crippen molar-refractivity contribution < 1.29 is 14.7 Å². The minimum Gasteiger partial charge on any atom is -0.481 e. The van der Waals surface area contributed by atoms with Gasteiger partial charge in [0.1, 0.15) is 0 Å². The normalized spacial score (nSPS) is 19.1. The highest BCUT2D eigenvalue weighted by Crippen LogP contribution is 2.25. The number of carbonyl (C=O) groups is 2. The van der Waals surface area contributed by atoms with Crippen LogP contribution in [0, 0.1) is 17.2 Å². The number of carboxylic acids is 1. The zero-order valence-electron chi connectivity index (χ0n) is 8.96. The van der Waals surface area contributed by atoms with Gasteiger partial charge in [0, 0.05) is 18.7 Å². The number of benzene rings is 1. The summed E-state index contributed by atoms with van der Waals surface area (Å²) in [6.07, 6.45) is 0.0200. The molecule has 0 aliphatic carbocycles. The molecule has 1 aliphatic rings. The van der Waals surface area contributed by atoms with Crippen LogP contribution in [0.4, 0.5) is 5.69 Å². The number of hydrogen-bond donors (Lipinski definition) is 1. The molecule has 0 aromatic heterocycles. The molecule has 5 nitrogen and oxygen atoms in total. The van der Waals surface area contributed by atoms with Gasteiger partial charge in [-0.1, -0.05) is 6.07 Å². The van der Waals surface area contributed by atoms with Crippen LogP contribution < -0.4 is 4.90 Å². The quantitative estimate of drug-likeness (QED) is 0.821. The van der Waals surface area contributed by atoms with Crippen molar-refractivity contribution in [2.75, 3.05) is 11.4 Å². The number of nitriles is 1. The van der Waals surface area contributed by atoms with Gasteiger partial charge < -0.3 is 10.0 Å². The lowest BCUT2D eigenvalue weighted by Gasteiger charge is -2.16. The van der Waals surface area contributed by atoms with Crippen molar-refractivity contribution in [2.24, 2.45) is 5.92 Å². The third-order valence-corrected chi connectivity index (χ3v) is 2.76. The van der Waals surface area contributed by atoms with Crippen LogP contribution in [0.5, 0.6) is 0 Å². The molecule has 1 fully saturated rings. The van der Waals surface area contributed by atoms with E-state index in [0.717, 1.165) is 0 Å². The van der Waals surface area contributed by atoms with Gasteiger partial charge in [-0.3, -0.25) is 9.59 Å². The second-order valence-electron chi connectivity index (χ2n) is 3.91. The fourth-order valence-electron chi connectivity index (χ4n) is 1.87. The van der Waals surface area contributed by atoms with Crippen LogP contribution in [-0.4, -0.2) is 23.5 Å². The molecule has 5 heteroatoms. The summed E-state index contributed by atoms with van der Waals surface area (Å²) < 4.78 is 0. The van der Waals surface area contributed by atoms with Crippen molar-refractivity contribution in [3.05, 3.63) is 29.8 Å². The van der Waals surface area contributed by atoms with Crippen molar-refractivity contribution in [3.63, 3.8) is 0 Å². The van der Waals surface area contributed by atoms with E-state index in [0.29, 0.717) is 11.3 Å². The zero-order valence-corrected chi connectivity index (χ0v) is 8.96. The first-order valence-corrected chi connectivity index (χ1v) is 5.15. The van der Waals surface area contributed by atoms with Crippen LogP contribution >= 0.6 is 0 Å². The first-order chi connectivity index (χ1) is 8.11. The molecule has 2 rings (SSSR count). The summed E-state index contributed by atoms with van der Waals surface area (Å²) in [5, 5.41) is 17.6. The molecule has 0 saturated carbocycles. The standard InChI is InChI=1S/C12H10N2O3/c13-6-8-2-1-3-10(4-8)14-7-9(12(16)17)5-11(14)15/h1-4,9H,5,7H2,(H,16,17). The van der Waals surface area contributed by atoms with E-state index in [1.54, 1.807) is 24.3 Å². The maximum atomic E-state index is 11.7. The number of aliphatic carboxylic acids is 1. The molecule has 1 atom stereocenters. The Bertz CT molecular complexity index is 519. The Hall–Kier alpha value is -2.35. The van der Waals surface area contributed by atoms with E-state index in [1.807, 2.05) is 6.07 Å². The predicted molar refractivity (Wildman–Crippen MR) is 59.3 cm³/mol. The van der Waals surface area contributed by atoms with Gasteiger partial charge in [0.15, 0.2) is 0 Å². The smallest absolute Gasteiger partial charge is 0.308 e. The van der Waals surface area contributed by atoms with Crippen molar-refractivity contribution in [1.29, 1.82) is 5.26 Å². The van der Waals surface area contributed by atoms with Crippen LogP contribution in [0.3, 0.4) is 0 Å². The molecule has 1 aromatic rings. The molecule has 1 saturated heterocycles. The lowest BCUT2D eigenvalue weighted by molar-refractivity contribution is -0.141. The summed E-state index contributed by atoms with van der Waals surface area (Å²) in [5.74, 6) is -1.84. The van der Waals surface area contributed by atoms with E-state index >= 15 is 0 Å². The first-order valence-electron chi connectivity index (χ1n) is 5.15. The highest BCUT2D eigenvalue weighted by molar-refractivity contribution is 5.99. The molecule has 1 amide bonds. The number of carboxylic acid groups (broad SMARTS) is 1. The molecule has 0 spiro atoms. The van der Waals surface area contributed by atoms with Crippen LogP contribution in [0.15, 0.2) is 24.3 Å². The molecule has 0 radical (unpaired) electrons. The van der Waals surface area contributed by atoms with Crippen molar-refractivity contribution in [2.45, 2.75) is 6.42 Å². The number of rotatable bonds is 2. The van der Waals surface area contributed by atoms with Crippen molar-refractivity contribution >= 4 is 17.6 Å². The Labute approximate surface area is 97.9 Å². The Morgan fingerprint density at radius 2 is 2.29 bits per heavy atom. The van der Waals surface area contributed by atoms with E-state index in [4.69, 9.17) is 10.4 Å². The average molecular weight is 230 g/mol. The van der Waals surface area contributed by atoms with Gasteiger partial charge in [0.25, 0.3) is 0 Å².